The number of Topliss-reactive ketones (excluding diaryl/α,β-unsaturated/α-hetero) is 1. The van der Waals surface area contributed by atoms with Gasteiger partial charge >= 0.3 is 11.9 Å². The number of benzene rings is 2. The van der Waals surface area contributed by atoms with E-state index >= 15 is 0 Å². The molecular formula is C25H24N2O8. The number of carboxylic acids is 2. The average Bonchev–Trinajstić information content (AvgIpc) is 3.25. The van der Waals surface area contributed by atoms with Crippen LogP contribution in [0, 0.1) is 25.7 Å². The second-order valence-corrected chi connectivity index (χ2v) is 9.09. The van der Waals surface area contributed by atoms with Gasteiger partial charge in [-0.25, -0.2) is 4.90 Å². The number of imide groups is 1. The van der Waals surface area contributed by atoms with Crippen molar-refractivity contribution in [3.63, 3.8) is 0 Å². The van der Waals surface area contributed by atoms with Crippen molar-refractivity contribution in [2.45, 2.75) is 38.8 Å². The van der Waals surface area contributed by atoms with Crippen molar-refractivity contribution in [3.05, 3.63) is 58.7 Å². The summed E-state index contributed by atoms with van der Waals surface area (Å²) in [5.74, 6) is -7.36. The molecule has 10 heteroatoms. The topological polar surface area (TPSA) is 161 Å². The van der Waals surface area contributed by atoms with E-state index in [1.807, 2.05) is 0 Å². The van der Waals surface area contributed by atoms with Crippen molar-refractivity contribution in [1.82, 2.24) is 5.32 Å². The molecule has 2 aromatic carbocycles. The Kier molecular flexibility index (Phi) is 5.72. The van der Waals surface area contributed by atoms with E-state index in [4.69, 9.17) is 0 Å². The number of carboxylic acid groups (broad SMARTS) is 2. The van der Waals surface area contributed by atoms with Crippen molar-refractivity contribution in [1.29, 1.82) is 0 Å². The second kappa shape index (κ2) is 8.31. The third-order valence-corrected chi connectivity index (χ3v) is 6.87. The monoisotopic (exact) mass is 480 g/mol. The van der Waals surface area contributed by atoms with Gasteiger partial charge in [0.2, 0.25) is 11.8 Å². The van der Waals surface area contributed by atoms with Crippen LogP contribution in [0.1, 0.15) is 46.4 Å². The molecule has 0 spiro atoms. The first-order valence-electron chi connectivity index (χ1n) is 10.9. The maximum atomic E-state index is 13.6. The van der Waals surface area contributed by atoms with Gasteiger partial charge in [0.25, 0.3) is 0 Å². The van der Waals surface area contributed by atoms with Gasteiger partial charge < -0.3 is 15.3 Å². The van der Waals surface area contributed by atoms with Gasteiger partial charge in [-0.05, 0) is 61.7 Å². The minimum atomic E-state index is -2.23. The van der Waals surface area contributed by atoms with Crippen molar-refractivity contribution in [3.8, 4) is 5.75 Å². The third kappa shape index (κ3) is 3.66. The van der Waals surface area contributed by atoms with Gasteiger partial charge in [0, 0.05) is 11.6 Å². The van der Waals surface area contributed by atoms with Crippen LogP contribution in [0.2, 0.25) is 0 Å². The number of anilines is 1. The zero-order valence-electron chi connectivity index (χ0n) is 19.2. The summed E-state index contributed by atoms with van der Waals surface area (Å²) < 4.78 is 0. The number of carbonyl (C=O) groups is 5. The standard InChI is InChI=1S/C25H24N2O8/c1-11-8-15(9-12(2)21(11)31)20-18-19(25(26-20,24(34)35)10-17(29)30)23(33)27(22(18)32)16-6-4-14(5-7-16)13(3)28/h4-9,18-20,26,31H,10H2,1-3H3,(H,29,30)(H,34,35). The van der Waals surface area contributed by atoms with Gasteiger partial charge in [0.15, 0.2) is 5.78 Å². The number of rotatable bonds is 6. The Bertz CT molecular complexity index is 1260. The van der Waals surface area contributed by atoms with E-state index in [0.717, 1.165) is 4.90 Å². The molecule has 2 aliphatic heterocycles. The predicted molar refractivity (Wildman–Crippen MR) is 122 cm³/mol. The van der Waals surface area contributed by atoms with Crippen LogP contribution in [0.3, 0.4) is 0 Å². The molecule has 2 fully saturated rings. The Morgan fingerprint density at radius 2 is 1.57 bits per heavy atom. The highest BCUT2D eigenvalue weighted by Crippen LogP contribution is 2.51. The van der Waals surface area contributed by atoms with Crippen LogP contribution in [0.15, 0.2) is 36.4 Å². The van der Waals surface area contributed by atoms with E-state index < -0.39 is 53.6 Å². The zero-order chi connectivity index (χ0) is 25.8. The predicted octanol–water partition coefficient (Wildman–Crippen LogP) is 1.96. The quantitative estimate of drug-likeness (QED) is 0.358. The molecule has 10 nitrogen and oxygen atoms in total. The number of carbonyl (C=O) groups excluding carboxylic acids is 3. The zero-order valence-corrected chi connectivity index (χ0v) is 19.2. The Balaban J connectivity index is 1.88. The number of amides is 2. The smallest absolute Gasteiger partial charge is 0.325 e. The van der Waals surface area contributed by atoms with E-state index in [2.05, 4.69) is 5.32 Å². The number of phenolic OH excluding ortho intramolecular Hbond substituents is 1. The SMILES string of the molecule is CC(=O)c1ccc(N2C(=O)C3C(c4cc(C)c(O)c(C)c4)NC(CC(=O)O)(C(=O)O)C3C2=O)cc1. The maximum absolute atomic E-state index is 13.6. The van der Waals surface area contributed by atoms with Crippen LogP contribution >= 0.6 is 0 Å². The summed E-state index contributed by atoms with van der Waals surface area (Å²) in [6.45, 7) is 4.66. The first kappa shape index (κ1) is 24.1. The normalized spacial score (nSPS) is 25.6. The molecule has 35 heavy (non-hydrogen) atoms. The highest BCUT2D eigenvalue weighted by molar-refractivity contribution is 6.24. The molecule has 2 aromatic rings. The number of fused-ring (bicyclic) bond motifs is 1. The molecule has 182 valence electrons. The minimum Gasteiger partial charge on any atom is -0.507 e. The third-order valence-electron chi connectivity index (χ3n) is 6.87. The Hall–Kier alpha value is -4.05. The Morgan fingerprint density at radius 3 is 2.06 bits per heavy atom. The Morgan fingerprint density at radius 1 is 1.00 bits per heavy atom. The fourth-order valence-corrected chi connectivity index (χ4v) is 5.23. The number of nitrogens with one attached hydrogen (secondary N) is 1. The number of hydrogen-bond acceptors (Lipinski definition) is 7. The van der Waals surface area contributed by atoms with Crippen LogP contribution in [0.5, 0.6) is 5.75 Å². The first-order valence-corrected chi connectivity index (χ1v) is 10.9. The first-order chi connectivity index (χ1) is 16.4. The number of ketones is 1. The second-order valence-electron chi connectivity index (χ2n) is 9.09. The minimum absolute atomic E-state index is 0.0411. The van der Waals surface area contributed by atoms with Crippen molar-refractivity contribution < 1.29 is 39.3 Å². The van der Waals surface area contributed by atoms with Gasteiger partial charge in [0.1, 0.15) is 11.3 Å². The molecule has 2 aliphatic rings. The van der Waals surface area contributed by atoms with E-state index in [9.17, 15) is 39.3 Å². The lowest BCUT2D eigenvalue weighted by Crippen LogP contribution is -2.57. The molecule has 0 bridgehead atoms. The summed E-state index contributed by atoms with van der Waals surface area (Å²) in [5, 5.41) is 32.7. The molecule has 0 radical (unpaired) electrons. The lowest BCUT2D eigenvalue weighted by Gasteiger charge is -2.30. The summed E-state index contributed by atoms with van der Waals surface area (Å²) in [6, 6.07) is 7.92. The summed E-state index contributed by atoms with van der Waals surface area (Å²) in [7, 11) is 0. The molecule has 2 heterocycles. The van der Waals surface area contributed by atoms with E-state index in [-0.39, 0.29) is 17.2 Å². The van der Waals surface area contributed by atoms with E-state index in [0.29, 0.717) is 22.3 Å². The number of phenols is 1. The molecule has 4 unspecified atom stereocenters. The van der Waals surface area contributed by atoms with Crippen LogP contribution in [-0.2, 0) is 19.2 Å². The molecule has 4 atom stereocenters. The number of aliphatic carboxylic acids is 2. The highest BCUT2D eigenvalue weighted by Gasteiger charge is 2.69. The summed E-state index contributed by atoms with van der Waals surface area (Å²) >= 11 is 0. The summed E-state index contributed by atoms with van der Waals surface area (Å²) in [5.41, 5.74) is -0.284. The molecule has 2 amide bonds. The van der Waals surface area contributed by atoms with Gasteiger partial charge in [-0.15, -0.1) is 0 Å². The molecule has 0 aliphatic carbocycles. The molecule has 0 aromatic heterocycles. The summed E-state index contributed by atoms with van der Waals surface area (Å²) in [6.07, 6.45) is -0.924. The van der Waals surface area contributed by atoms with E-state index in [1.165, 1.54) is 31.2 Å². The molecular weight excluding hydrogens is 456 g/mol. The summed E-state index contributed by atoms with van der Waals surface area (Å²) in [4.78, 5) is 63.9. The highest BCUT2D eigenvalue weighted by atomic mass is 16.4. The van der Waals surface area contributed by atoms with Crippen LogP contribution in [0.25, 0.3) is 0 Å². The molecule has 0 saturated carbocycles. The number of aryl methyl sites for hydroxylation is 2. The van der Waals surface area contributed by atoms with Crippen molar-refractivity contribution in [2.24, 2.45) is 11.8 Å². The number of nitrogens with zero attached hydrogens (tertiary/aromatic N) is 1. The van der Waals surface area contributed by atoms with Gasteiger partial charge in [-0.1, -0.05) is 12.1 Å². The van der Waals surface area contributed by atoms with Gasteiger partial charge in [0.05, 0.1) is 23.9 Å². The largest absolute Gasteiger partial charge is 0.507 e. The van der Waals surface area contributed by atoms with Crippen molar-refractivity contribution in [2.75, 3.05) is 4.90 Å². The van der Waals surface area contributed by atoms with Gasteiger partial charge in [-0.3, -0.25) is 29.3 Å². The molecule has 2 saturated heterocycles. The maximum Gasteiger partial charge on any atom is 0.325 e. The van der Waals surface area contributed by atoms with Gasteiger partial charge in [-0.2, -0.15) is 0 Å². The fraction of sp³-hybridized carbons (Fsp3) is 0.320. The Labute approximate surface area is 200 Å². The van der Waals surface area contributed by atoms with E-state index in [1.54, 1.807) is 26.0 Å². The lowest BCUT2D eigenvalue weighted by molar-refractivity contribution is -0.154. The fourth-order valence-electron chi connectivity index (χ4n) is 5.23. The van der Waals surface area contributed by atoms with Crippen LogP contribution in [-0.4, -0.2) is 50.4 Å². The number of hydrogen-bond donors (Lipinski definition) is 4. The number of aromatic hydroxyl groups is 1. The van der Waals surface area contributed by atoms with Crippen LogP contribution < -0.4 is 10.2 Å². The van der Waals surface area contributed by atoms with Crippen LogP contribution in [0.4, 0.5) is 5.69 Å². The average molecular weight is 480 g/mol. The molecule has 4 N–H and O–H groups in total. The lowest BCUT2D eigenvalue weighted by atomic mass is 9.77. The molecule has 4 rings (SSSR count). The van der Waals surface area contributed by atoms with Crippen molar-refractivity contribution >= 4 is 35.2 Å².